The highest BCUT2D eigenvalue weighted by molar-refractivity contribution is 9.10. The molecule has 0 unspecified atom stereocenters. The van der Waals surface area contributed by atoms with Gasteiger partial charge in [-0.3, -0.25) is 4.79 Å². The van der Waals surface area contributed by atoms with Crippen molar-refractivity contribution in [3.63, 3.8) is 0 Å². The van der Waals surface area contributed by atoms with E-state index in [-0.39, 0.29) is 24.6 Å². The fourth-order valence-electron chi connectivity index (χ4n) is 3.14. The Balaban J connectivity index is 2.25. The topological polar surface area (TPSA) is 45.5 Å². The molecule has 0 spiro atoms. The maximum Gasteiger partial charge on any atom is 0.270 e. The van der Waals surface area contributed by atoms with Gasteiger partial charge in [-0.2, -0.15) is 0 Å². The predicted molar refractivity (Wildman–Crippen MR) is 87.5 cm³/mol. The molecule has 4 nitrogen and oxygen atoms in total. The second-order valence-corrected chi connectivity index (χ2v) is 6.97. The van der Waals surface area contributed by atoms with Crippen molar-refractivity contribution in [1.29, 1.82) is 0 Å². The summed E-state index contributed by atoms with van der Waals surface area (Å²) >= 11 is 3.46. The second kappa shape index (κ2) is 7.45. The molecule has 1 heterocycles. The van der Waals surface area contributed by atoms with Gasteiger partial charge in [0, 0.05) is 29.3 Å². The van der Waals surface area contributed by atoms with Gasteiger partial charge in [0.15, 0.2) is 0 Å². The number of amides is 1. The summed E-state index contributed by atoms with van der Waals surface area (Å²) in [5, 5.41) is 9.34. The molecular weight excluding hydrogens is 332 g/mol. The number of aliphatic hydroxyl groups excluding tert-OH is 1. The fourth-order valence-corrected chi connectivity index (χ4v) is 3.58. The molecule has 0 saturated heterocycles. The lowest BCUT2D eigenvalue weighted by Crippen LogP contribution is -2.43. The van der Waals surface area contributed by atoms with Crippen molar-refractivity contribution in [2.24, 2.45) is 0 Å². The van der Waals surface area contributed by atoms with Crippen LogP contribution < -0.4 is 0 Å². The van der Waals surface area contributed by atoms with Gasteiger partial charge in [0.1, 0.15) is 5.69 Å². The molecule has 0 aromatic carbocycles. The molecule has 0 atom stereocenters. The number of carbonyl (C=O) groups is 1. The highest BCUT2D eigenvalue weighted by atomic mass is 79.9. The Hall–Kier alpha value is -0.810. The molecule has 1 aliphatic rings. The van der Waals surface area contributed by atoms with Gasteiger partial charge in [0.05, 0.1) is 6.61 Å². The van der Waals surface area contributed by atoms with Crippen molar-refractivity contribution in [3.8, 4) is 0 Å². The molecule has 0 radical (unpaired) electrons. The Morgan fingerprint density at radius 1 is 1.43 bits per heavy atom. The monoisotopic (exact) mass is 356 g/mol. The minimum atomic E-state index is 0.0196. The van der Waals surface area contributed by atoms with Gasteiger partial charge in [-0.25, -0.2) is 0 Å². The van der Waals surface area contributed by atoms with Gasteiger partial charge in [0.2, 0.25) is 0 Å². The van der Waals surface area contributed by atoms with Crippen LogP contribution in [0.25, 0.3) is 0 Å². The van der Waals surface area contributed by atoms with Crippen LogP contribution in [0.1, 0.15) is 62.5 Å². The Labute approximate surface area is 135 Å². The summed E-state index contributed by atoms with van der Waals surface area (Å²) in [6.07, 6.45) is 7.66. The first-order chi connectivity index (χ1) is 10.0. The van der Waals surface area contributed by atoms with Crippen LogP contribution in [0, 0.1) is 0 Å². The first-order valence-electron chi connectivity index (χ1n) is 7.83. The van der Waals surface area contributed by atoms with Crippen molar-refractivity contribution in [2.45, 2.75) is 58.0 Å². The lowest BCUT2D eigenvalue weighted by molar-refractivity contribution is 0.0573. The number of nitrogens with zero attached hydrogens (tertiary/aromatic N) is 2. The van der Waals surface area contributed by atoms with Crippen LogP contribution in [0.2, 0.25) is 0 Å². The molecular formula is C16H25BrN2O2. The van der Waals surface area contributed by atoms with E-state index in [4.69, 9.17) is 0 Å². The molecule has 1 amide bonds. The van der Waals surface area contributed by atoms with Crippen molar-refractivity contribution in [2.75, 3.05) is 13.2 Å². The molecule has 0 aliphatic heterocycles. The number of carbonyl (C=O) groups excluding carboxylic acids is 1. The molecule has 0 bridgehead atoms. The molecule has 21 heavy (non-hydrogen) atoms. The standard InChI is InChI=1S/C16H25BrN2O2/c1-12(2)19-11-13(17)10-15(19)16(21)18(8-9-20)14-6-4-3-5-7-14/h10-12,14,20H,3-9H2,1-2H3. The highest BCUT2D eigenvalue weighted by Gasteiger charge is 2.28. The molecule has 2 rings (SSSR count). The summed E-state index contributed by atoms with van der Waals surface area (Å²) < 4.78 is 2.92. The SMILES string of the molecule is CC(C)n1cc(Br)cc1C(=O)N(CCO)C1CCCCC1. The predicted octanol–water partition coefficient (Wildman–Crippen LogP) is 3.60. The quantitative estimate of drug-likeness (QED) is 0.875. The van der Waals surface area contributed by atoms with Crippen molar-refractivity contribution in [1.82, 2.24) is 9.47 Å². The minimum Gasteiger partial charge on any atom is -0.395 e. The Kier molecular flexibility index (Phi) is 5.88. The van der Waals surface area contributed by atoms with E-state index in [9.17, 15) is 9.90 Å². The zero-order valence-corrected chi connectivity index (χ0v) is 14.5. The van der Waals surface area contributed by atoms with E-state index in [2.05, 4.69) is 29.8 Å². The van der Waals surface area contributed by atoms with Gasteiger partial charge in [0.25, 0.3) is 5.91 Å². The zero-order chi connectivity index (χ0) is 15.4. The first kappa shape index (κ1) is 16.6. The van der Waals surface area contributed by atoms with Crippen molar-refractivity contribution >= 4 is 21.8 Å². The maximum atomic E-state index is 12.9. The minimum absolute atomic E-state index is 0.0196. The van der Waals surface area contributed by atoms with E-state index >= 15 is 0 Å². The van der Waals surface area contributed by atoms with Crippen LogP contribution in [0.5, 0.6) is 0 Å². The number of rotatable bonds is 5. The van der Waals surface area contributed by atoms with E-state index in [0.29, 0.717) is 12.2 Å². The van der Waals surface area contributed by atoms with Gasteiger partial charge >= 0.3 is 0 Å². The van der Waals surface area contributed by atoms with Gasteiger partial charge in [-0.15, -0.1) is 0 Å². The molecule has 1 saturated carbocycles. The third-order valence-electron chi connectivity index (χ3n) is 4.21. The van der Waals surface area contributed by atoms with E-state index in [1.807, 2.05) is 21.7 Å². The molecule has 1 fully saturated rings. The summed E-state index contributed by atoms with van der Waals surface area (Å²) in [6, 6.07) is 2.39. The van der Waals surface area contributed by atoms with E-state index in [1.165, 1.54) is 19.3 Å². The van der Waals surface area contributed by atoms with E-state index in [1.54, 1.807) is 0 Å². The fraction of sp³-hybridized carbons (Fsp3) is 0.688. The lowest BCUT2D eigenvalue weighted by Gasteiger charge is -2.34. The van der Waals surface area contributed by atoms with Gasteiger partial charge in [-0.1, -0.05) is 19.3 Å². The summed E-state index contributed by atoms with van der Waals surface area (Å²) in [4.78, 5) is 14.8. The number of hydrogen-bond donors (Lipinski definition) is 1. The number of hydrogen-bond acceptors (Lipinski definition) is 2. The van der Waals surface area contributed by atoms with Gasteiger partial charge in [-0.05, 0) is 48.7 Å². The van der Waals surface area contributed by atoms with Crippen LogP contribution in [0.3, 0.4) is 0 Å². The van der Waals surface area contributed by atoms with Gasteiger partial charge < -0.3 is 14.6 Å². The third kappa shape index (κ3) is 3.89. The van der Waals surface area contributed by atoms with Crippen molar-refractivity contribution < 1.29 is 9.90 Å². The molecule has 1 aromatic heterocycles. The first-order valence-corrected chi connectivity index (χ1v) is 8.63. The van der Waals surface area contributed by atoms with Crippen LogP contribution in [0.15, 0.2) is 16.7 Å². The summed E-state index contributed by atoms with van der Waals surface area (Å²) in [5.74, 6) is 0.0374. The Bertz CT molecular complexity index is 479. The molecule has 118 valence electrons. The van der Waals surface area contributed by atoms with Crippen LogP contribution >= 0.6 is 15.9 Å². The average Bonchev–Trinajstić information content (AvgIpc) is 2.87. The largest absolute Gasteiger partial charge is 0.395 e. The third-order valence-corrected chi connectivity index (χ3v) is 4.64. The molecule has 1 aromatic rings. The summed E-state index contributed by atoms with van der Waals surface area (Å²) in [7, 11) is 0. The Morgan fingerprint density at radius 2 is 2.10 bits per heavy atom. The lowest BCUT2D eigenvalue weighted by atomic mass is 9.94. The Morgan fingerprint density at radius 3 is 2.67 bits per heavy atom. The molecule has 5 heteroatoms. The zero-order valence-electron chi connectivity index (χ0n) is 12.9. The van der Waals surface area contributed by atoms with E-state index < -0.39 is 0 Å². The smallest absolute Gasteiger partial charge is 0.270 e. The highest BCUT2D eigenvalue weighted by Crippen LogP contribution is 2.26. The van der Waals surface area contributed by atoms with Crippen LogP contribution in [-0.4, -0.2) is 39.7 Å². The normalized spacial score (nSPS) is 16.4. The average molecular weight is 357 g/mol. The number of aromatic nitrogens is 1. The molecule has 1 aliphatic carbocycles. The molecule has 1 N–H and O–H groups in total. The maximum absolute atomic E-state index is 12.9. The van der Waals surface area contributed by atoms with Crippen LogP contribution in [-0.2, 0) is 0 Å². The summed E-state index contributed by atoms with van der Waals surface area (Å²) in [5.41, 5.74) is 0.705. The van der Waals surface area contributed by atoms with Crippen LogP contribution in [0.4, 0.5) is 0 Å². The number of halogens is 1. The number of aliphatic hydroxyl groups is 1. The second-order valence-electron chi connectivity index (χ2n) is 6.06. The van der Waals surface area contributed by atoms with Crippen molar-refractivity contribution in [3.05, 3.63) is 22.4 Å². The van der Waals surface area contributed by atoms with E-state index in [0.717, 1.165) is 17.3 Å². The summed E-state index contributed by atoms with van der Waals surface area (Å²) in [6.45, 7) is 4.58.